The summed E-state index contributed by atoms with van der Waals surface area (Å²) >= 11 is 0. The number of ether oxygens (including phenoxy) is 1. The maximum absolute atomic E-state index is 12.5. The molecule has 0 aromatic carbocycles. The van der Waals surface area contributed by atoms with Gasteiger partial charge in [-0.25, -0.2) is 4.79 Å². The maximum Gasteiger partial charge on any atom is 0.407 e. The summed E-state index contributed by atoms with van der Waals surface area (Å²) < 4.78 is 4.54. The Hall–Kier alpha value is -1.79. The van der Waals surface area contributed by atoms with Crippen molar-refractivity contribution in [2.75, 3.05) is 20.2 Å². The van der Waals surface area contributed by atoms with Crippen LogP contribution < -0.4 is 5.32 Å². The van der Waals surface area contributed by atoms with Gasteiger partial charge < -0.3 is 20.1 Å². The van der Waals surface area contributed by atoms with Gasteiger partial charge in [-0.1, -0.05) is 12.8 Å². The fourth-order valence-electron chi connectivity index (χ4n) is 3.26. The molecule has 21 heavy (non-hydrogen) atoms. The van der Waals surface area contributed by atoms with Crippen molar-refractivity contribution in [2.45, 2.75) is 38.1 Å². The predicted octanol–water partition coefficient (Wildman–Crippen LogP) is 0.834. The van der Waals surface area contributed by atoms with E-state index < -0.39 is 23.9 Å². The average molecular weight is 298 g/mol. The molecule has 1 aliphatic carbocycles. The van der Waals surface area contributed by atoms with Gasteiger partial charge >= 0.3 is 12.1 Å². The third kappa shape index (κ3) is 3.65. The fraction of sp³-hybridized carbons (Fsp3) is 0.786. The molecule has 2 fully saturated rings. The first-order chi connectivity index (χ1) is 10.0. The largest absolute Gasteiger partial charge is 0.481 e. The van der Waals surface area contributed by atoms with E-state index in [0.29, 0.717) is 32.4 Å². The molecule has 1 aliphatic heterocycles. The number of carbonyl (C=O) groups is 3. The molecule has 7 nitrogen and oxygen atoms in total. The monoisotopic (exact) mass is 298 g/mol. The number of carboxylic acid groups (broad SMARTS) is 1. The number of rotatable bonds is 3. The second-order valence-corrected chi connectivity index (χ2v) is 5.74. The summed E-state index contributed by atoms with van der Waals surface area (Å²) in [6, 6.07) is -0.117. The average Bonchev–Trinajstić information content (AvgIpc) is 2.94. The van der Waals surface area contributed by atoms with Gasteiger partial charge in [0.15, 0.2) is 0 Å². The Kier molecular flexibility index (Phi) is 5.03. The molecule has 118 valence electrons. The Morgan fingerprint density at radius 1 is 1.14 bits per heavy atom. The molecule has 2 amide bonds. The molecule has 0 radical (unpaired) electrons. The Morgan fingerprint density at radius 2 is 1.81 bits per heavy atom. The van der Waals surface area contributed by atoms with E-state index >= 15 is 0 Å². The third-order valence-electron chi connectivity index (χ3n) is 4.41. The van der Waals surface area contributed by atoms with E-state index in [2.05, 4.69) is 10.1 Å². The van der Waals surface area contributed by atoms with E-state index in [0.717, 1.165) is 12.8 Å². The smallest absolute Gasteiger partial charge is 0.407 e. The Morgan fingerprint density at radius 3 is 2.43 bits per heavy atom. The molecule has 1 saturated heterocycles. The molecule has 0 aromatic heterocycles. The van der Waals surface area contributed by atoms with Crippen molar-refractivity contribution in [3.8, 4) is 0 Å². The molecule has 0 spiro atoms. The van der Waals surface area contributed by atoms with Gasteiger partial charge in [-0.15, -0.1) is 0 Å². The van der Waals surface area contributed by atoms with Crippen molar-refractivity contribution in [3.05, 3.63) is 0 Å². The van der Waals surface area contributed by atoms with E-state index in [4.69, 9.17) is 0 Å². The van der Waals surface area contributed by atoms with E-state index in [1.807, 2.05) is 0 Å². The van der Waals surface area contributed by atoms with E-state index in [1.54, 1.807) is 4.90 Å². The van der Waals surface area contributed by atoms with Crippen LogP contribution in [-0.2, 0) is 14.3 Å². The Balaban J connectivity index is 1.94. The highest BCUT2D eigenvalue weighted by molar-refractivity contribution is 5.85. The highest BCUT2D eigenvalue weighted by atomic mass is 16.5. The van der Waals surface area contributed by atoms with Crippen molar-refractivity contribution in [1.29, 1.82) is 0 Å². The van der Waals surface area contributed by atoms with Crippen LogP contribution in [0.5, 0.6) is 0 Å². The minimum atomic E-state index is -0.878. The number of aliphatic carboxylic acids is 1. The molecular formula is C14H22N2O5. The van der Waals surface area contributed by atoms with Gasteiger partial charge in [0.1, 0.15) is 0 Å². The number of carbonyl (C=O) groups excluding carboxylic acids is 2. The number of methoxy groups -OCH3 is 1. The van der Waals surface area contributed by atoms with E-state index in [-0.39, 0.29) is 11.9 Å². The lowest BCUT2D eigenvalue weighted by Crippen LogP contribution is -2.43. The quantitative estimate of drug-likeness (QED) is 0.804. The number of amides is 2. The summed E-state index contributed by atoms with van der Waals surface area (Å²) in [4.78, 5) is 36.7. The van der Waals surface area contributed by atoms with Gasteiger partial charge in [-0.2, -0.15) is 0 Å². The first-order valence-corrected chi connectivity index (χ1v) is 7.39. The zero-order valence-corrected chi connectivity index (χ0v) is 12.2. The van der Waals surface area contributed by atoms with Gasteiger partial charge in [-0.05, 0) is 19.3 Å². The van der Waals surface area contributed by atoms with Crippen molar-refractivity contribution < 1.29 is 24.2 Å². The van der Waals surface area contributed by atoms with Crippen LogP contribution in [0.1, 0.15) is 32.1 Å². The first kappa shape index (κ1) is 15.6. The molecule has 3 atom stereocenters. The van der Waals surface area contributed by atoms with Crippen LogP contribution in [0.2, 0.25) is 0 Å². The SMILES string of the molecule is COC(=O)NC1CCN(C(=O)[C@@H]2CCCC[C@@H]2C(=O)O)C1. The van der Waals surface area contributed by atoms with Gasteiger partial charge in [0.05, 0.1) is 25.0 Å². The van der Waals surface area contributed by atoms with Gasteiger partial charge in [0, 0.05) is 13.1 Å². The van der Waals surface area contributed by atoms with Crippen LogP contribution in [-0.4, -0.2) is 54.2 Å². The normalized spacial score (nSPS) is 29.0. The molecule has 2 aliphatic rings. The zero-order valence-electron chi connectivity index (χ0n) is 12.2. The van der Waals surface area contributed by atoms with Crippen LogP contribution >= 0.6 is 0 Å². The fourth-order valence-corrected chi connectivity index (χ4v) is 3.26. The molecule has 2 rings (SSSR count). The number of likely N-dealkylation sites (tertiary alicyclic amines) is 1. The third-order valence-corrected chi connectivity index (χ3v) is 4.41. The lowest BCUT2D eigenvalue weighted by molar-refractivity contribution is -0.151. The van der Waals surface area contributed by atoms with Crippen LogP contribution in [0.4, 0.5) is 4.79 Å². The number of nitrogens with one attached hydrogen (secondary N) is 1. The Bertz CT molecular complexity index is 426. The topological polar surface area (TPSA) is 95.9 Å². The second kappa shape index (κ2) is 6.78. The number of hydrogen-bond donors (Lipinski definition) is 2. The van der Waals surface area contributed by atoms with E-state index in [9.17, 15) is 19.5 Å². The maximum atomic E-state index is 12.5. The number of carboxylic acids is 1. The molecule has 1 saturated carbocycles. The molecular weight excluding hydrogens is 276 g/mol. The Labute approximate surface area is 123 Å². The van der Waals surface area contributed by atoms with Crippen LogP contribution in [0.15, 0.2) is 0 Å². The zero-order chi connectivity index (χ0) is 15.4. The summed E-state index contributed by atoms with van der Waals surface area (Å²) in [6.45, 7) is 0.979. The molecule has 1 unspecified atom stereocenters. The van der Waals surface area contributed by atoms with Crippen LogP contribution in [0.25, 0.3) is 0 Å². The second-order valence-electron chi connectivity index (χ2n) is 5.74. The standard InChI is InChI=1S/C14H22N2O5/c1-21-14(20)15-9-6-7-16(8-9)12(17)10-4-2-3-5-11(10)13(18)19/h9-11H,2-8H2,1H3,(H,15,20)(H,18,19)/t9?,10-,11+/m1/s1. The predicted molar refractivity (Wildman–Crippen MR) is 73.6 cm³/mol. The number of alkyl carbamates (subject to hydrolysis) is 1. The molecule has 0 bridgehead atoms. The summed E-state index contributed by atoms with van der Waals surface area (Å²) in [6.07, 6.45) is 3.15. The van der Waals surface area contributed by atoms with Crippen molar-refractivity contribution in [1.82, 2.24) is 10.2 Å². The summed E-state index contributed by atoms with van der Waals surface area (Å²) in [5, 5.41) is 11.9. The molecule has 7 heteroatoms. The first-order valence-electron chi connectivity index (χ1n) is 7.39. The molecule has 1 heterocycles. The minimum Gasteiger partial charge on any atom is -0.481 e. The summed E-state index contributed by atoms with van der Waals surface area (Å²) in [7, 11) is 1.30. The summed E-state index contributed by atoms with van der Waals surface area (Å²) in [5.41, 5.74) is 0. The van der Waals surface area contributed by atoms with Gasteiger partial charge in [-0.3, -0.25) is 9.59 Å². The highest BCUT2D eigenvalue weighted by Gasteiger charge is 2.39. The van der Waals surface area contributed by atoms with Crippen molar-refractivity contribution in [2.24, 2.45) is 11.8 Å². The lowest BCUT2D eigenvalue weighted by atomic mass is 9.78. The van der Waals surface area contributed by atoms with Crippen molar-refractivity contribution >= 4 is 18.0 Å². The van der Waals surface area contributed by atoms with Crippen molar-refractivity contribution in [3.63, 3.8) is 0 Å². The van der Waals surface area contributed by atoms with Gasteiger partial charge in [0.2, 0.25) is 5.91 Å². The number of hydrogen-bond acceptors (Lipinski definition) is 4. The molecule has 0 aromatic rings. The highest BCUT2D eigenvalue weighted by Crippen LogP contribution is 2.32. The van der Waals surface area contributed by atoms with Crippen LogP contribution in [0.3, 0.4) is 0 Å². The lowest BCUT2D eigenvalue weighted by Gasteiger charge is -2.31. The minimum absolute atomic E-state index is 0.0868. The number of nitrogens with zero attached hydrogens (tertiary/aromatic N) is 1. The van der Waals surface area contributed by atoms with Crippen LogP contribution in [0, 0.1) is 11.8 Å². The van der Waals surface area contributed by atoms with Gasteiger partial charge in [0.25, 0.3) is 0 Å². The molecule has 2 N–H and O–H groups in total. The van der Waals surface area contributed by atoms with E-state index in [1.165, 1.54) is 7.11 Å². The summed E-state index contributed by atoms with van der Waals surface area (Å²) in [5.74, 6) is -1.96.